The van der Waals surface area contributed by atoms with Gasteiger partial charge in [-0.25, -0.2) is 4.99 Å². The Balaban J connectivity index is 2.40. The smallest absolute Gasteiger partial charge is 0.267 e. The Morgan fingerprint density at radius 2 is 1.83 bits per heavy atom. The Bertz CT molecular complexity index is 363. The zero-order valence-corrected chi connectivity index (χ0v) is 6.40. The average Bonchev–Trinajstić information content (AvgIpc) is 2.54. The summed E-state index contributed by atoms with van der Waals surface area (Å²) in [5.41, 5.74) is 1.92. The minimum Gasteiger partial charge on any atom is -0.267 e. The number of aliphatic imine (C=N–C) groups is 1. The number of carbonyl (C=O) groups is 1. The summed E-state index contributed by atoms with van der Waals surface area (Å²) >= 11 is 0. The summed E-state index contributed by atoms with van der Waals surface area (Å²) in [7, 11) is 0. The molecule has 1 aromatic rings. The van der Waals surface area contributed by atoms with Gasteiger partial charge in [0.2, 0.25) is 0 Å². The Morgan fingerprint density at radius 1 is 1.08 bits per heavy atom. The Hall–Kier alpha value is -1.70. The predicted molar refractivity (Wildman–Crippen MR) is 47.9 cm³/mol. The van der Waals surface area contributed by atoms with Crippen molar-refractivity contribution in [2.24, 2.45) is 4.99 Å². The molecule has 1 amide bonds. The molecule has 0 spiro atoms. The van der Waals surface area contributed by atoms with Crippen molar-refractivity contribution < 1.29 is 4.79 Å². The van der Waals surface area contributed by atoms with Crippen LogP contribution in [-0.4, -0.2) is 12.1 Å². The molecule has 1 aliphatic rings. The largest absolute Gasteiger partial charge is 0.270 e. The molecule has 1 aliphatic heterocycles. The third-order valence-corrected chi connectivity index (χ3v) is 1.72. The highest BCUT2D eigenvalue weighted by molar-refractivity contribution is 6.24. The molecule has 0 bridgehead atoms. The first-order valence-corrected chi connectivity index (χ1v) is 3.71. The highest BCUT2D eigenvalue weighted by Crippen LogP contribution is 2.14. The summed E-state index contributed by atoms with van der Waals surface area (Å²) in [5, 5.41) is 0. The molecule has 0 aliphatic carbocycles. The minimum atomic E-state index is -0.172. The quantitative estimate of drug-likeness (QED) is 0.609. The lowest BCUT2D eigenvalue weighted by atomic mass is 10.1. The molecule has 0 radical (unpaired) electrons. The van der Waals surface area contributed by atoms with Crippen molar-refractivity contribution in [2.45, 2.75) is 0 Å². The van der Waals surface area contributed by atoms with Gasteiger partial charge in [-0.2, -0.15) is 0 Å². The van der Waals surface area contributed by atoms with Crippen LogP contribution < -0.4 is 0 Å². The first-order valence-electron chi connectivity index (χ1n) is 3.71. The van der Waals surface area contributed by atoms with Gasteiger partial charge in [-0.3, -0.25) is 4.79 Å². The summed E-state index contributed by atoms with van der Waals surface area (Å²) in [4.78, 5) is 14.4. The van der Waals surface area contributed by atoms with Crippen molar-refractivity contribution in [3.8, 4) is 0 Å². The maximum atomic E-state index is 10.8. The van der Waals surface area contributed by atoms with Gasteiger partial charge in [-0.1, -0.05) is 30.3 Å². The number of rotatable bonds is 1. The van der Waals surface area contributed by atoms with Gasteiger partial charge < -0.3 is 0 Å². The third kappa shape index (κ3) is 1.19. The molecule has 0 atom stereocenters. The van der Waals surface area contributed by atoms with Crippen molar-refractivity contribution in [2.75, 3.05) is 0 Å². The standard InChI is InChI=1S/C10H7NO/c12-10-6-9(7-11-10)8-4-2-1-3-5-8/h1-7H. The van der Waals surface area contributed by atoms with E-state index in [9.17, 15) is 4.79 Å². The molecule has 58 valence electrons. The van der Waals surface area contributed by atoms with Crippen LogP contribution in [0, 0.1) is 0 Å². The van der Waals surface area contributed by atoms with Crippen molar-refractivity contribution >= 4 is 17.7 Å². The van der Waals surface area contributed by atoms with Gasteiger partial charge in [-0.05, 0) is 5.56 Å². The molecular weight excluding hydrogens is 150 g/mol. The Morgan fingerprint density at radius 3 is 2.42 bits per heavy atom. The lowest BCUT2D eigenvalue weighted by Crippen LogP contribution is -1.81. The monoisotopic (exact) mass is 157 g/mol. The van der Waals surface area contributed by atoms with Gasteiger partial charge >= 0.3 is 0 Å². The highest BCUT2D eigenvalue weighted by atomic mass is 16.1. The van der Waals surface area contributed by atoms with Gasteiger partial charge in [0.25, 0.3) is 5.91 Å². The van der Waals surface area contributed by atoms with Crippen LogP contribution in [0.15, 0.2) is 41.4 Å². The molecule has 2 heteroatoms. The van der Waals surface area contributed by atoms with E-state index in [4.69, 9.17) is 0 Å². The summed E-state index contributed by atoms with van der Waals surface area (Å²) in [6.07, 6.45) is 3.13. The summed E-state index contributed by atoms with van der Waals surface area (Å²) in [6, 6.07) is 9.73. The maximum absolute atomic E-state index is 10.8. The van der Waals surface area contributed by atoms with E-state index in [1.165, 1.54) is 6.08 Å². The molecule has 2 rings (SSSR count). The number of nitrogens with zero attached hydrogens (tertiary/aromatic N) is 1. The van der Waals surface area contributed by atoms with Gasteiger partial charge in [0.05, 0.1) is 0 Å². The average molecular weight is 157 g/mol. The zero-order valence-electron chi connectivity index (χ0n) is 6.40. The molecule has 12 heavy (non-hydrogen) atoms. The van der Waals surface area contributed by atoms with Crippen molar-refractivity contribution in [1.29, 1.82) is 0 Å². The third-order valence-electron chi connectivity index (χ3n) is 1.72. The number of hydrogen-bond donors (Lipinski definition) is 0. The fourth-order valence-corrected chi connectivity index (χ4v) is 1.13. The van der Waals surface area contributed by atoms with Crippen LogP contribution in [-0.2, 0) is 4.79 Å². The van der Waals surface area contributed by atoms with Crippen molar-refractivity contribution in [3.63, 3.8) is 0 Å². The van der Waals surface area contributed by atoms with E-state index in [0.29, 0.717) is 0 Å². The molecule has 0 aromatic heterocycles. The SMILES string of the molecule is O=C1C=C(c2ccccc2)C=N1. The molecule has 0 unspecified atom stereocenters. The lowest BCUT2D eigenvalue weighted by Gasteiger charge is -1.94. The molecule has 2 nitrogen and oxygen atoms in total. The van der Waals surface area contributed by atoms with Crippen molar-refractivity contribution in [3.05, 3.63) is 42.0 Å². The normalized spacial score (nSPS) is 15.0. The molecule has 0 fully saturated rings. The Kier molecular flexibility index (Phi) is 1.59. The zero-order chi connectivity index (χ0) is 8.39. The lowest BCUT2D eigenvalue weighted by molar-refractivity contribution is -0.113. The molecular formula is C10H7NO. The number of allylic oxidation sites excluding steroid dienone is 1. The second kappa shape index (κ2) is 2.74. The highest BCUT2D eigenvalue weighted by Gasteiger charge is 2.06. The summed E-state index contributed by atoms with van der Waals surface area (Å²) < 4.78 is 0. The number of hydrogen-bond acceptors (Lipinski definition) is 1. The van der Waals surface area contributed by atoms with E-state index in [1.807, 2.05) is 30.3 Å². The van der Waals surface area contributed by atoms with E-state index in [0.717, 1.165) is 11.1 Å². The summed E-state index contributed by atoms with van der Waals surface area (Å²) in [6.45, 7) is 0. The second-order valence-corrected chi connectivity index (χ2v) is 2.56. The maximum Gasteiger partial charge on any atom is 0.270 e. The van der Waals surface area contributed by atoms with Gasteiger partial charge in [0.15, 0.2) is 0 Å². The fourth-order valence-electron chi connectivity index (χ4n) is 1.13. The minimum absolute atomic E-state index is 0.172. The molecule has 0 N–H and O–H groups in total. The van der Waals surface area contributed by atoms with E-state index in [-0.39, 0.29) is 5.91 Å². The summed E-state index contributed by atoms with van der Waals surface area (Å²) in [5.74, 6) is -0.172. The van der Waals surface area contributed by atoms with Crippen LogP contribution in [0.3, 0.4) is 0 Å². The second-order valence-electron chi connectivity index (χ2n) is 2.56. The van der Waals surface area contributed by atoms with E-state index in [2.05, 4.69) is 4.99 Å². The molecule has 0 saturated heterocycles. The van der Waals surface area contributed by atoms with Crippen LogP contribution in [0.1, 0.15) is 5.56 Å². The topological polar surface area (TPSA) is 29.4 Å². The molecule has 1 aromatic carbocycles. The van der Waals surface area contributed by atoms with Crippen LogP contribution in [0.2, 0.25) is 0 Å². The van der Waals surface area contributed by atoms with E-state index < -0.39 is 0 Å². The van der Waals surface area contributed by atoms with Gasteiger partial charge in [0.1, 0.15) is 0 Å². The predicted octanol–water partition coefficient (Wildman–Crippen LogP) is 1.68. The number of carbonyl (C=O) groups excluding carboxylic acids is 1. The van der Waals surface area contributed by atoms with Crippen LogP contribution in [0.25, 0.3) is 5.57 Å². The van der Waals surface area contributed by atoms with E-state index >= 15 is 0 Å². The van der Waals surface area contributed by atoms with Crippen LogP contribution >= 0.6 is 0 Å². The fraction of sp³-hybridized carbons (Fsp3) is 0. The van der Waals surface area contributed by atoms with Gasteiger partial charge in [0, 0.05) is 17.9 Å². The first kappa shape index (κ1) is 6.98. The molecule has 1 heterocycles. The Labute approximate surface area is 70.3 Å². The van der Waals surface area contributed by atoms with Crippen LogP contribution in [0.5, 0.6) is 0 Å². The van der Waals surface area contributed by atoms with Gasteiger partial charge in [-0.15, -0.1) is 0 Å². The first-order chi connectivity index (χ1) is 5.86. The van der Waals surface area contributed by atoms with Crippen LogP contribution in [0.4, 0.5) is 0 Å². The van der Waals surface area contributed by atoms with Crippen molar-refractivity contribution in [1.82, 2.24) is 0 Å². The number of amides is 1. The molecule has 0 saturated carbocycles. The van der Waals surface area contributed by atoms with E-state index in [1.54, 1.807) is 6.21 Å². The number of benzene rings is 1.